The summed E-state index contributed by atoms with van der Waals surface area (Å²) in [5, 5.41) is 2.78. The lowest BCUT2D eigenvalue weighted by molar-refractivity contribution is -0.122. The van der Waals surface area contributed by atoms with Crippen molar-refractivity contribution in [2.24, 2.45) is 0 Å². The van der Waals surface area contributed by atoms with Crippen molar-refractivity contribution in [3.63, 3.8) is 0 Å². The molecular formula is C24H26N2O5S. The Morgan fingerprint density at radius 1 is 0.938 bits per heavy atom. The molecular weight excluding hydrogens is 428 g/mol. The van der Waals surface area contributed by atoms with E-state index in [1.165, 1.54) is 19.2 Å². The molecule has 0 fully saturated rings. The van der Waals surface area contributed by atoms with Crippen molar-refractivity contribution in [2.75, 3.05) is 17.1 Å². The molecule has 0 radical (unpaired) electrons. The molecule has 0 aromatic heterocycles. The van der Waals surface area contributed by atoms with Gasteiger partial charge in [0.2, 0.25) is 0 Å². The van der Waals surface area contributed by atoms with E-state index in [0.717, 1.165) is 5.56 Å². The maximum Gasteiger partial charge on any atom is 0.265 e. The predicted octanol–water partition coefficient (Wildman–Crippen LogP) is 4.60. The minimum atomic E-state index is -3.77. The lowest BCUT2D eigenvalue weighted by Gasteiger charge is -2.18. The number of amides is 1. The second-order valence-corrected chi connectivity index (χ2v) is 8.81. The molecule has 0 aliphatic rings. The van der Waals surface area contributed by atoms with Crippen molar-refractivity contribution in [2.45, 2.75) is 31.3 Å². The number of aryl methyl sites for hydroxylation is 1. The average molecular weight is 455 g/mol. The van der Waals surface area contributed by atoms with E-state index in [-0.39, 0.29) is 10.8 Å². The number of sulfonamides is 1. The molecule has 32 heavy (non-hydrogen) atoms. The van der Waals surface area contributed by atoms with Gasteiger partial charge in [-0.2, -0.15) is 0 Å². The highest BCUT2D eigenvalue weighted by molar-refractivity contribution is 7.92. The summed E-state index contributed by atoms with van der Waals surface area (Å²) in [6.45, 7) is 3.78. The van der Waals surface area contributed by atoms with Crippen molar-refractivity contribution in [1.29, 1.82) is 0 Å². The molecule has 1 amide bonds. The number of ether oxygens (including phenoxy) is 2. The Hall–Kier alpha value is -3.52. The van der Waals surface area contributed by atoms with Gasteiger partial charge in [-0.3, -0.25) is 9.52 Å². The minimum absolute atomic E-state index is 0.0783. The molecule has 0 saturated heterocycles. The van der Waals surface area contributed by atoms with Crippen LogP contribution < -0.4 is 19.5 Å². The fourth-order valence-corrected chi connectivity index (χ4v) is 4.04. The van der Waals surface area contributed by atoms with E-state index in [4.69, 9.17) is 9.47 Å². The molecule has 168 valence electrons. The van der Waals surface area contributed by atoms with Crippen LogP contribution in [0.1, 0.15) is 18.9 Å². The van der Waals surface area contributed by atoms with E-state index in [0.29, 0.717) is 29.3 Å². The first kappa shape index (κ1) is 23.1. The number of anilines is 2. The molecule has 3 aromatic carbocycles. The van der Waals surface area contributed by atoms with Crippen LogP contribution in [-0.2, 0) is 14.8 Å². The molecule has 0 bridgehead atoms. The fraction of sp³-hybridized carbons (Fsp3) is 0.208. The van der Waals surface area contributed by atoms with Gasteiger partial charge in [-0.25, -0.2) is 8.42 Å². The van der Waals surface area contributed by atoms with Gasteiger partial charge in [-0.1, -0.05) is 25.1 Å². The standard InChI is InChI=1S/C24H26N2O5S/c1-4-22(31-23-8-6-5-7-17(23)2)24(27)25-18-11-15-21(16-12-18)32(28,29)26-19-9-13-20(30-3)14-10-19/h5-16,22,26H,4H2,1-3H3,(H,25,27)/t22-/m0/s1. The second-order valence-electron chi connectivity index (χ2n) is 7.13. The first-order chi connectivity index (χ1) is 15.3. The summed E-state index contributed by atoms with van der Waals surface area (Å²) in [7, 11) is -2.23. The summed E-state index contributed by atoms with van der Waals surface area (Å²) >= 11 is 0. The van der Waals surface area contributed by atoms with Crippen molar-refractivity contribution in [1.82, 2.24) is 0 Å². The highest BCUT2D eigenvalue weighted by atomic mass is 32.2. The van der Waals surface area contributed by atoms with E-state index in [2.05, 4.69) is 10.0 Å². The zero-order valence-electron chi connectivity index (χ0n) is 18.2. The van der Waals surface area contributed by atoms with Gasteiger partial charge in [-0.05, 0) is 73.5 Å². The molecule has 0 spiro atoms. The van der Waals surface area contributed by atoms with Gasteiger partial charge in [-0.15, -0.1) is 0 Å². The van der Waals surface area contributed by atoms with Crippen LogP contribution in [0.5, 0.6) is 11.5 Å². The van der Waals surface area contributed by atoms with Crippen LogP contribution in [-0.4, -0.2) is 27.5 Å². The number of methoxy groups -OCH3 is 1. The quantitative estimate of drug-likeness (QED) is 0.493. The van der Waals surface area contributed by atoms with E-state index < -0.39 is 16.1 Å². The SMILES string of the molecule is CC[C@H](Oc1ccccc1C)C(=O)Nc1ccc(S(=O)(=O)Nc2ccc(OC)cc2)cc1. The molecule has 0 unspecified atom stereocenters. The van der Waals surface area contributed by atoms with Crippen LogP contribution >= 0.6 is 0 Å². The van der Waals surface area contributed by atoms with Crippen LogP contribution in [0, 0.1) is 6.92 Å². The molecule has 7 nitrogen and oxygen atoms in total. The number of carbonyl (C=O) groups is 1. The average Bonchev–Trinajstić information content (AvgIpc) is 2.79. The van der Waals surface area contributed by atoms with Crippen LogP contribution in [0.15, 0.2) is 77.7 Å². The Morgan fingerprint density at radius 2 is 1.56 bits per heavy atom. The van der Waals surface area contributed by atoms with Gasteiger partial charge in [0.25, 0.3) is 15.9 Å². The first-order valence-corrected chi connectivity index (χ1v) is 11.6. The van der Waals surface area contributed by atoms with E-state index in [9.17, 15) is 13.2 Å². The highest BCUT2D eigenvalue weighted by Crippen LogP contribution is 2.22. The Bertz CT molecular complexity index is 1160. The second kappa shape index (κ2) is 10.2. The molecule has 3 aromatic rings. The van der Waals surface area contributed by atoms with Crippen molar-refractivity contribution >= 4 is 27.3 Å². The number of hydrogen-bond donors (Lipinski definition) is 2. The monoisotopic (exact) mass is 454 g/mol. The van der Waals surface area contributed by atoms with Gasteiger partial charge in [0.15, 0.2) is 6.10 Å². The van der Waals surface area contributed by atoms with E-state index >= 15 is 0 Å². The maximum absolute atomic E-state index is 12.7. The molecule has 0 aliphatic heterocycles. The molecule has 0 heterocycles. The number of carbonyl (C=O) groups excluding carboxylic acids is 1. The molecule has 3 rings (SSSR count). The molecule has 8 heteroatoms. The molecule has 0 saturated carbocycles. The third-order valence-corrected chi connectivity index (χ3v) is 6.20. The molecule has 2 N–H and O–H groups in total. The summed E-state index contributed by atoms with van der Waals surface area (Å²) in [5.74, 6) is 0.980. The van der Waals surface area contributed by atoms with Crippen LogP contribution in [0.3, 0.4) is 0 Å². The fourth-order valence-electron chi connectivity index (χ4n) is 2.98. The smallest absolute Gasteiger partial charge is 0.265 e. The Morgan fingerprint density at radius 3 is 2.16 bits per heavy atom. The number of benzene rings is 3. The van der Waals surface area contributed by atoms with Crippen LogP contribution in [0.25, 0.3) is 0 Å². The maximum atomic E-state index is 12.7. The highest BCUT2D eigenvalue weighted by Gasteiger charge is 2.20. The lowest BCUT2D eigenvalue weighted by Crippen LogP contribution is -2.32. The normalized spacial score (nSPS) is 12.0. The molecule has 0 aliphatic carbocycles. The summed E-state index contributed by atoms with van der Waals surface area (Å²) in [5.41, 5.74) is 1.84. The third kappa shape index (κ3) is 5.79. The summed E-state index contributed by atoms with van der Waals surface area (Å²) in [4.78, 5) is 12.7. The largest absolute Gasteiger partial charge is 0.497 e. The number of rotatable bonds is 9. The Kier molecular flexibility index (Phi) is 7.37. The third-order valence-electron chi connectivity index (χ3n) is 4.80. The van der Waals surface area contributed by atoms with Gasteiger partial charge < -0.3 is 14.8 Å². The van der Waals surface area contributed by atoms with Gasteiger partial charge >= 0.3 is 0 Å². The molecule has 1 atom stereocenters. The van der Waals surface area contributed by atoms with Gasteiger partial charge in [0.05, 0.1) is 12.0 Å². The number of nitrogens with one attached hydrogen (secondary N) is 2. The zero-order valence-corrected chi connectivity index (χ0v) is 19.0. The summed E-state index contributed by atoms with van der Waals surface area (Å²) < 4.78 is 38.7. The van der Waals surface area contributed by atoms with Gasteiger partial charge in [0.1, 0.15) is 11.5 Å². The zero-order chi connectivity index (χ0) is 23.1. The lowest BCUT2D eigenvalue weighted by atomic mass is 10.2. The van der Waals surface area contributed by atoms with Crippen molar-refractivity contribution in [3.8, 4) is 11.5 Å². The van der Waals surface area contributed by atoms with Crippen molar-refractivity contribution in [3.05, 3.63) is 78.4 Å². The first-order valence-electron chi connectivity index (χ1n) is 10.1. The number of para-hydroxylation sites is 1. The van der Waals surface area contributed by atoms with Crippen LogP contribution in [0.2, 0.25) is 0 Å². The van der Waals surface area contributed by atoms with Gasteiger partial charge in [0, 0.05) is 11.4 Å². The van der Waals surface area contributed by atoms with Crippen molar-refractivity contribution < 1.29 is 22.7 Å². The number of hydrogen-bond acceptors (Lipinski definition) is 5. The summed E-state index contributed by atoms with van der Waals surface area (Å²) in [6, 6.07) is 20.0. The van der Waals surface area contributed by atoms with E-state index in [1.54, 1.807) is 36.4 Å². The topological polar surface area (TPSA) is 93.7 Å². The van der Waals surface area contributed by atoms with E-state index in [1.807, 2.05) is 38.1 Å². The minimum Gasteiger partial charge on any atom is -0.497 e. The Labute approximate surface area is 188 Å². The van der Waals surface area contributed by atoms with Crippen LogP contribution in [0.4, 0.5) is 11.4 Å². The predicted molar refractivity (Wildman–Crippen MR) is 125 cm³/mol. The Balaban J connectivity index is 1.66. The summed E-state index contributed by atoms with van der Waals surface area (Å²) in [6.07, 6.45) is -0.186.